The second kappa shape index (κ2) is 12.2. The number of likely N-dealkylation sites (N-methyl/N-ethyl adjacent to an activating group) is 1. The Morgan fingerprint density at radius 1 is 0.970 bits per heavy atom. The van der Waals surface area contributed by atoms with E-state index in [1.54, 1.807) is 24.3 Å². The van der Waals surface area contributed by atoms with Crippen LogP contribution in [0.2, 0.25) is 0 Å². The van der Waals surface area contributed by atoms with Crippen molar-refractivity contribution in [3.05, 3.63) is 100 Å². The molecule has 0 aliphatic heterocycles. The molecule has 0 saturated carbocycles. The van der Waals surface area contributed by atoms with E-state index in [-0.39, 0.29) is 30.8 Å². The number of amides is 2. The van der Waals surface area contributed by atoms with Crippen LogP contribution in [0.4, 0.5) is 4.39 Å². The zero-order chi connectivity index (χ0) is 23.6. The summed E-state index contributed by atoms with van der Waals surface area (Å²) >= 11 is 3.37. The maximum atomic E-state index is 13.4. The number of carbonyl (C=O) groups excluding carboxylic acids is 2. The smallest absolute Gasteiger partial charge is 0.261 e. The molecule has 33 heavy (non-hydrogen) atoms. The quantitative estimate of drug-likeness (QED) is 0.426. The molecule has 0 bridgehead atoms. The number of hydrogen-bond donors (Lipinski definition) is 1. The van der Waals surface area contributed by atoms with Crippen LogP contribution >= 0.6 is 15.9 Å². The fraction of sp³-hybridized carbons (Fsp3) is 0.231. The molecule has 0 fully saturated rings. The summed E-state index contributed by atoms with van der Waals surface area (Å²) in [5.74, 6) is -0.402. The predicted molar refractivity (Wildman–Crippen MR) is 129 cm³/mol. The summed E-state index contributed by atoms with van der Waals surface area (Å²) in [6, 6.07) is 21.9. The maximum absolute atomic E-state index is 13.4. The number of ether oxygens (including phenoxy) is 1. The largest absolute Gasteiger partial charge is 0.484 e. The summed E-state index contributed by atoms with van der Waals surface area (Å²) in [5, 5.41) is 2.84. The first kappa shape index (κ1) is 24.5. The maximum Gasteiger partial charge on any atom is 0.261 e. The van der Waals surface area contributed by atoms with E-state index in [1.165, 1.54) is 17.0 Å². The monoisotopic (exact) mass is 512 g/mol. The first-order valence-electron chi connectivity index (χ1n) is 10.7. The Hall–Kier alpha value is -3.19. The van der Waals surface area contributed by atoms with Gasteiger partial charge in [-0.25, -0.2) is 4.39 Å². The van der Waals surface area contributed by atoms with Gasteiger partial charge >= 0.3 is 0 Å². The zero-order valence-corrected chi connectivity index (χ0v) is 19.9. The van der Waals surface area contributed by atoms with Crippen LogP contribution in [0.15, 0.2) is 83.3 Å². The molecule has 0 radical (unpaired) electrons. The molecule has 3 aromatic carbocycles. The van der Waals surface area contributed by atoms with Crippen molar-refractivity contribution in [2.75, 3.05) is 13.2 Å². The van der Waals surface area contributed by atoms with Gasteiger partial charge in [-0.15, -0.1) is 0 Å². The molecule has 1 atom stereocenters. The number of carbonyl (C=O) groups is 2. The summed E-state index contributed by atoms with van der Waals surface area (Å²) in [7, 11) is 0. The van der Waals surface area contributed by atoms with Crippen molar-refractivity contribution < 1.29 is 18.7 Å². The summed E-state index contributed by atoms with van der Waals surface area (Å²) in [6.07, 6.45) is 0.345. The Balaban J connectivity index is 1.87. The molecule has 0 aliphatic carbocycles. The van der Waals surface area contributed by atoms with Gasteiger partial charge in [-0.1, -0.05) is 58.4 Å². The highest BCUT2D eigenvalue weighted by Gasteiger charge is 2.30. The van der Waals surface area contributed by atoms with Crippen molar-refractivity contribution in [3.8, 4) is 5.75 Å². The Morgan fingerprint density at radius 2 is 1.64 bits per heavy atom. The zero-order valence-electron chi connectivity index (χ0n) is 18.3. The average Bonchev–Trinajstić information content (AvgIpc) is 2.82. The molecular formula is C26H26BrFN2O3. The lowest BCUT2D eigenvalue weighted by atomic mass is 10.0. The Labute approximate surface area is 201 Å². The number of halogens is 2. The van der Waals surface area contributed by atoms with Crippen LogP contribution in [0.1, 0.15) is 18.1 Å². The molecule has 1 N–H and O–H groups in total. The lowest BCUT2D eigenvalue weighted by Crippen LogP contribution is -2.51. The number of benzene rings is 3. The normalized spacial score (nSPS) is 11.5. The molecule has 0 aliphatic rings. The molecule has 0 spiro atoms. The van der Waals surface area contributed by atoms with Gasteiger partial charge in [-0.05, 0) is 54.4 Å². The number of nitrogens with one attached hydrogen (secondary N) is 1. The molecule has 0 heterocycles. The van der Waals surface area contributed by atoms with E-state index in [4.69, 9.17) is 4.74 Å². The van der Waals surface area contributed by atoms with Gasteiger partial charge in [0.05, 0.1) is 0 Å². The van der Waals surface area contributed by atoms with E-state index >= 15 is 0 Å². The van der Waals surface area contributed by atoms with Crippen LogP contribution in [-0.2, 0) is 22.6 Å². The fourth-order valence-electron chi connectivity index (χ4n) is 3.39. The molecular weight excluding hydrogens is 487 g/mol. The van der Waals surface area contributed by atoms with Gasteiger partial charge in [0.1, 0.15) is 17.6 Å². The first-order chi connectivity index (χ1) is 16.0. The standard InChI is InChI=1S/C26H26BrFN2O3/c1-2-29-26(32)24(16-19-6-4-3-5-7-19)30(17-20-8-12-22(28)13-9-20)25(31)18-33-23-14-10-21(27)11-15-23/h3-15,24H,2,16-18H2,1H3,(H,29,32)/t24-/m0/s1. The average molecular weight is 513 g/mol. The number of hydrogen-bond acceptors (Lipinski definition) is 3. The van der Waals surface area contributed by atoms with Crippen molar-refractivity contribution in [3.63, 3.8) is 0 Å². The summed E-state index contributed by atoms with van der Waals surface area (Å²) in [4.78, 5) is 27.9. The van der Waals surface area contributed by atoms with Gasteiger partial charge in [0.25, 0.3) is 5.91 Å². The second-order valence-corrected chi connectivity index (χ2v) is 8.41. The van der Waals surface area contributed by atoms with Gasteiger partial charge in [0.15, 0.2) is 6.61 Å². The van der Waals surface area contributed by atoms with Crippen LogP contribution in [-0.4, -0.2) is 35.9 Å². The van der Waals surface area contributed by atoms with Crippen LogP contribution in [0.25, 0.3) is 0 Å². The summed E-state index contributed by atoms with van der Waals surface area (Å²) < 4.78 is 20.0. The van der Waals surface area contributed by atoms with Crippen molar-refractivity contribution >= 4 is 27.7 Å². The highest BCUT2D eigenvalue weighted by molar-refractivity contribution is 9.10. The van der Waals surface area contributed by atoms with E-state index in [1.807, 2.05) is 49.4 Å². The molecule has 7 heteroatoms. The third-order valence-corrected chi connectivity index (χ3v) is 5.59. The molecule has 3 rings (SSSR count). The minimum Gasteiger partial charge on any atom is -0.484 e. The minimum absolute atomic E-state index is 0.150. The number of rotatable bonds is 10. The van der Waals surface area contributed by atoms with Gasteiger partial charge in [0.2, 0.25) is 5.91 Å². The lowest BCUT2D eigenvalue weighted by Gasteiger charge is -2.31. The van der Waals surface area contributed by atoms with Gasteiger partial charge < -0.3 is 15.0 Å². The topological polar surface area (TPSA) is 58.6 Å². The van der Waals surface area contributed by atoms with Gasteiger partial charge in [-0.3, -0.25) is 9.59 Å². The molecule has 0 saturated heterocycles. The summed E-state index contributed by atoms with van der Waals surface area (Å²) in [6.45, 7) is 2.20. The summed E-state index contributed by atoms with van der Waals surface area (Å²) in [5.41, 5.74) is 1.65. The minimum atomic E-state index is -0.751. The molecule has 2 amide bonds. The molecule has 0 unspecified atom stereocenters. The van der Waals surface area contributed by atoms with Crippen molar-refractivity contribution in [2.24, 2.45) is 0 Å². The highest BCUT2D eigenvalue weighted by Crippen LogP contribution is 2.18. The lowest BCUT2D eigenvalue weighted by molar-refractivity contribution is -0.142. The third-order valence-electron chi connectivity index (χ3n) is 5.06. The second-order valence-electron chi connectivity index (χ2n) is 7.49. The third kappa shape index (κ3) is 7.43. The molecule has 0 aromatic heterocycles. The van der Waals surface area contributed by atoms with Crippen LogP contribution in [0.3, 0.4) is 0 Å². The molecule has 3 aromatic rings. The van der Waals surface area contributed by atoms with Crippen molar-refractivity contribution in [2.45, 2.75) is 25.9 Å². The fourth-order valence-corrected chi connectivity index (χ4v) is 3.66. The Bertz CT molecular complexity index is 1040. The van der Waals surface area contributed by atoms with Crippen LogP contribution in [0, 0.1) is 5.82 Å². The van der Waals surface area contributed by atoms with Crippen LogP contribution < -0.4 is 10.1 Å². The predicted octanol–water partition coefficient (Wildman–Crippen LogP) is 4.74. The SMILES string of the molecule is CCNC(=O)[C@H](Cc1ccccc1)N(Cc1ccc(F)cc1)C(=O)COc1ccc(Br)cc1. The Kier molecular flexibility index (Phi) is 9.01. The van der Waals surface area contributed by atoms with Gasteiger partial charge in [-0.2, -0.15) is 0 Å². The van der Waals surface area contributed by atoms with E-state index in [9.17, 15) is 14.0 Å². The van der Waals surface area contributed by atoms with Crippen molar-refractivity contribution in [1.82, 2.24) is 10.2 Å². The van der Waals surface area contributed by atoms with Crippen LogP contribution in [0.5, 0.6) is 5.75 Å². The number of nitrogens with zero attached hydrogens (tertiary/aromatic N) is 1. The van der Waals surface area contributed by atoms with Crippen molar-refractivity contribution in [1.29, 1.82) is 0 Å². The Morgan fingerprint density at radius 3 is 2.27 bits per heavy atom. The molecule has 5 nitrogen and oxygen atoms in total. The molecule has 172 valence electrons. The van der Waals surface area contributed by atoms with E-state index in [2.05, 4.69) is 21.2 Å². The van der Waals surface area contributed by atoms with E-state index < -0.39 is 6.04 Å². The van der Waals surface area contributed by atoms with Gasteiger partial charge in [0, 0.05) is 24.0 Å². The van der Waals surface area contributed by atoms with E-state index in [0.29, 0.717) is 18.7 Å². The highest BCUT2D eigenvalue weighted by atomic mass is 79.9. The first-order valence-corrected chi connectivity index (χ1v) is 11.5. The van der Waals surface area contributed by atoms with E-state index in [0.717, 1.165) is 15.6 Å².